The van der Waals surface area contributed by atoms with Gasteiger partial charge in [0.15, 0.2) is 0 Å². The Bertz CT molecular complexity index is 207. The molecule has 4 nitrogen and oxygen atoms in total. The van der Waals surface area contributed by atoms with Gasteiger partial charge in [0, 0.05) is 13.1 Å². The van der Waals surface area contributed by atoms with Gasteiger partial charge < -0.3 is 5.32 Å². The van der Waals surface area contributed by atoms with Gasteiger partial charge in [0.2, 0.25) is 10.0 Å². The molecule has 0 heterocycles. The number of rotatable bonds is 8. The SMILES string of the molecule is CCNCCNS(=O)(=O)CCCF. The zero-order valence-electron chi connectivity index (χ0n) is 7.85. The van der Waals surface area contributed by atoms with Gasteiger partial charge in [0.25, 0.3) is 0 Å². The molecular weight excluding hydrogens is 195 g/mol. The van der Waals surface area contributed by atoms with E-state index in [1.165, 1.54) is 0 Å². The van der Waals surface area contributed by atoms with Crippen molar-refractivity contribution in [1.82, 2.24) is 10.0 Å². The second-order valence-electron chi connectivity index (χ2n) is 2.61. The van der Waals surface area contributed by atoms with E-state index >= 15 is 0 Å². The molecule has 0 aliphatic rings. The molecule has 0 aromatic carbocycles. The second kappa shape index (κ2) is 7.23. The Morgan fingerprint density at radius 3 is 2.54 bits per heavy atom. The van der Waals surface area contributed by atoms with Crippen LogP contribution < -0.4 is 10.0 Å². The summed E-state index contributed by atoms with van der Waals surface area (Å²) in [5, 5.41) is 2.98. The van der Waals surface area contributed by atoms with Crippen LogP contribution in [-0.4, -0.2) is 40.5 Å². The van der Waals surface area contributed by atoms with Gasteiger partial charge in [-0.3, -0.25) is 4.39 Å². The molecule has 0 aliphatic heterocycles. The van der Waals surface area contributed by atoms with E-state index < -0.39 is 16.7 Å². The minimum atomic E-state index is -3.25. The minimum Gasteiger partial charge on any atom is -0.316 e. The third-order valence-electron chi connectivity index (χ3n) is 1.42. The van der Waals surface area contributed by atoms with E-state index in [0.29, 0.717) is 13.1 Å². The van der Waals surface area contributed by atoms with Crippen LogP contribution in [-0.2, 0) is 10.0 Å². The smallest absolute Gasteiger partial charge is 0.211 e. The molecule has 0 fully saturated rings. The average Bonchev–Trinajstić information content (AvgIpc) is 2.09. The van der Waals surface area contributed by atoms with Crippen LogP contribution in [0.2, 0.25) is 0 Å². The highest BCUT2D eigenvalue weighted by molar-refractivity contribution is 7.89. The molecule has 0 radical (unpaired) electrons. The van der Waals surface area contributed by atoms with Crippen molar-refractivity contribution in [1.29, 1.82) is 0 Å². The van der Waals surface area contributed by atoms with Crippen molar-refractivity contribution in [3.05, 3.63) is 0 Å². The molecule has 80 valence electrons. The topological polar surface area (TPSA) is 58.2 Å². The van der Waals surface area contributed by atoms with Crippen LogP contribution in [0.4, 0.5) is 4.39 Å². The Labute approximate surface area is 79.0 Å². The molecule has 0 amide bonds. The van der Waals surface area contributed by atoms with Crippen molar-refractivity contribution in [3.63, 3.8) is 0 Å². The monoisotopic (exact) mass is 212 g/mol. The molecule has 0 aromatic rings. The van der Waals surface area contributed by atoms with E-state index in [1.807, 2.05) is 6.92 Å². The lowest BCUT2D eigenvalue weighted by molar-refractivity contribution is 0.483. The van der Waals surface area contributed by atoms with Gasteiger partial charge in [-0.1, -0.05) is 6.92 Å². The molecule has 2 N–H and O–H groups in total. The molecule has 0 atom stereocenters. The first kappa shape index (κ1) is 12.8. The molecule has 0 bridgehead atoms. The van der Waals surface area contributed by atoms with Crippen molar-refractivity contribution >= 4 is 10.0 Å². The van der Waals surface area contributed by atoms with Gasteiger partial charge in [0.1, 0.15) is 0 Å². The van der Waals surface area contributed by atoms with Crippen LogP contribution in [0.3, 0.4) is 0 Å². The summed E-state index contributed by atoms with van der Waals surface area (Å²) in [6.45, 7) is 3.13. The van der Waals surface area contributed by atoms with Crippen molar-refractivity contribution in [2.45, 2.75) is 13.3 Å². The summed E-state index contributed by atoms with van der Waals surface area (Å²) in [6, 6.07) is 0. The number of nitrogens with one attached hydrogen (secondary N) is 2. The highest BCUT2D eigenvalue weighted by atomic mass is 32.2. The average molecular weight is 212 g/mol. The van der Waals surface area contributed by atoms with E-state index in [-0.39, 0.29) is 12.2 Å². The Morgan fingerprint density at radius 1 is 1.31 bits per heavy atom. The normalized spacial score (nSPS) is 11.8. The third-order valence-corrected chi connectivity index (χ3v) is 2.89. The lowest BCUT2D eigenvalue weighted by Crippen LogP contribution is -2.33. The summed E-state index contributed by atoms with van der Waals surface area (Å²) in [5.74, 6) is -0.129. The zero-order chi connectivity index (χ0) is 10.2. The predicted molar refractivity (Wildman–Crippen MR) is 50.9 cm³/mol. The summed E-state index contributed by atoms with van der Waals surface area (Å²) in [6.07, 6.45) is 0.0660. The van der Waals surface area contributed by atoms with Gasteiger partial charge in [0.05, 0.1) is 12.4 Å². The van der Waals surface area contributed by atoms with E-state index in [0.717, 1.165) is 6.54 Å². The predicted octanol–water partition coefficient (Wildman–Crippen LogP) is -0.125. The maximum Gasteiger partial charge on any atom is 0.211 e. The fourth-order valence-electron chi connectivity index (χ4n) is 0.788. The van der Waals surface area contributed by atoms with Gasteiger partial charge in [-0.2, -0.15) is 0 Å². The van der Waals surface area contributed by atoms with Crippen LogP contribution in [0, 0.1) is 0 Å². The Balaban J connectivity index is 3.52. The Kier molecular flexibility index (Phi) is 7.12. The summed E-state index contributed by atoms with van der Waals surface area (Å²) >= 11 is 0. The summed E-state index contributed by atoms with van der Waals surface area (Å²) in [5.41, 5.74) is 0. The fraction of sp³-hybridized carbons (Fsp3) is 1.00. The van der Waals surface area contributed by atoms with Crippen LogP contribution in [0.15, 0.2) is 0 Å². The summed E-state index contributed by atoms with van der Waals surface area (Å²) in [7, 11) is -3.25. The molecule has 0 saturated heterocycles. The first-order valence-electron chi connectivity index (χ1n) is 4.36. The molecule has 0 spiro atoms. The lowest BCUT2D eigenvalue weighted by Gasteiger charge is -2.05. The standard InChI is InChI=1S/C7H17FN2O2S/c1-2-9-5-6-10-13(11,12)7-3-4-8/h9-10H,2-7H2,1H3. The Hall–Kier alpha value is -0.200. The molecule has 0 unspecified atom stereocenters. The summed E-state index contributed by atoms with van der Waals surface area (Å²) in [4.78, 5) is 0. The van der Waals surface area contributed by atoms with Crippen molar-refractivity contribution in [3.8, 4) is 0 Å². The fourth-order valence-corrected chi connectivity index (χ4v) is 1.83. The van der Waals surface area contributed by atoms with Gasteiger partial charge in [-0.25, -0.2) is 13.1 Å². The zero-order valence-corrected chi connectivity index (χ0v) is 8.66. The maximum atomic E-state index is 11.7. The van der Waals surface area contributed by atoms with E-state index in [2.05, 4.69) is 10.0 Å². The van der Waals surface area contributed by atoms with Gasteiger partial charge in [-0.15, -0.1) is 0 Å². The number of hydrogen-bond donors (Lipinski definition) is 2. The van der Waals surface area contributed by atoms with E-state index in [1.54, 1.807) is 0 Å². The first-order valence-corrected chi connectivity index (χ1v) is 6.01. The molecule has 0 rings (SSSR count). The number of hydrogen-bond acceptors (Lipinski definition) is 3. The van der Waals surface area contributed by atoms with Crippen molar-refractivity contribution < 1.29 is 12.8 Å². The molecule has 6 heteroatoms. The van der Waals surface area contributed by atoms with Crippen LogP contribution >= 0.6 is 0 Å². The van der Waals surface area contributed by atoms with Crippen LogP contribution in [0.25, 0.3) is 0 Å². The van der Waals surface area contributed by atoms with Gasteiger partial charge in [-0.05, 0) is 13.0 Å². The largest absolute Gasteiger partial charge is 0.316 e. The molecular formula is C7H17FN2O2S. The molecule has 0 saturated carbocycles. The number of likely N-dealkylation sites (N-methyl/N-ethyl adjacent to an activating group) is 1. The molecule has 13 heavy (non-hydrogen) atoms. The number of alkyl halides is 1. The van der Waals surface area contributed by atoms with E-state index in [9.17, 15) is 12.8 Å². The Morgan fingerprint density at radius 2 is 2.00 bits per heavy atom. The van der Waals surface area contributed by atoms with Crippen LogP contribution in [0.5, 0.6) is 0 Å². The third kappa shape index (κ3) is 8.14. The maximum absolute atomic E-state index is 11.7. The number of halogens is 1. The van der Waals surface area contributed by atoms with Crippen molar-refractivity contribution in [2.75, 3.05) is 32.1 Å². The second-order valence-corrected chi connectivity index (χ2v) is 4.54. The highest BCUT2D eigenvalue weighted by Crippen LogP contribution is 1.89. The van der Waals surface area contributed by atoms with Crippen LogP contribution in [0.1, 0.15) is 13.3 Å². The van der Waals surface area contributed by atoms with Crippen molar-refractivity contribution in [2.24, 2.45) is 0 Å². The number of sulfonamides is 1. The first-order chi connectivity index (χ1) is 6.12. The lowest BCUT2D eigenvalue weighted by atomic mass is 10.6. The van der Waals surface area contributed by atoms with E-state index in [4.69, 9.17) is 0 Å². The minimum absolute atomic E-state index is 0.0660. The van der Waals surface area contributed by atoms with Gasteiger partial charge >= 0.3 is 0 Å². The highest BCUT2D eigenvalue weighted by Gasteiger charge is 2.07. The molecule has 0 aliphatic carbocycles. The molecule has 0 aromatic heterocycles. The summed E-state index contributed by atoms with van der Waals surface area (Å²) < 4.78 is 36.1. The quantitative estimate of drug-likeness (QED) is 0.551.